The van der Waals surface area contributed by atoms with Crippen LogP contribution in [0.5, 0.6) is 0 Å². The molecule has 0 radical (unpaired) electrons. The van der Waals surface area contributed by atoms with Gasteiger partial charge < -0.3 is 10.5 Å². The van der Waals surface area contributed by atoms with Crippen molar-refractivity contribution in [2.45, 2.75) is 19.4 Å². The van der Waals surface area contributed by atoms with Gasteiger partial charge in [-0.3, -0.25) is 4.79 Å². The number of benzene rings is 1. The maximum atomic E-state index is 11.2. The first-order valence-electron chi connectivity index (χ1n) is 4.88. The smallest absolute Gasteiger partial charge is 0.312 e. The van der Waals surface area contributed by atoms with E-state index in [9.17, 15) is 4.79 Å². The van der Waals surface area contributed by atoms with Gasteiger partial charge in [0.2, 0.25) is 0 Å². The third-order valence-electron chi connectivity index (χ3n) is 2.06. The third-order valence-corrected chi connectivity index (χ3v) is 2.41. The molecule has 0 aliphatic carbocycles. The lowest BCUT2D eigenvalue weighted by atomic mass is 10.1. The van der Waals surface area contributed by atoms with E-state index in [1.54, 1.807) is 13.0 Å². The minimum absolute atomic E-state index is 0.155. The Kier molecular flexibility index (Phi) is 4.59. The second kappa shape index (κ2) is 5.73. The van der Waals surface area contributed by atoms with E-state index in [0.29, 0.717) is 11.6 Å². The van der Waals surface area contributed by atoms with Crippen LogP contribution >= 0.6 is 11.6 Å². The fourth-order valence-corrected chi connectivity index (χ4v) is 1.63. The highest BCUT2D eigenvalue weighted by atomic mass is 35.5. The van der Waals surface area contributed by atoms with E-state index >= 15 is 0 Å². The molecule has 1 atom stereocenters. The van der Waals surface area contributed by atoms with Gasteiger partial charge in [-0.05, 0) is 13.0 Å². The van der Waals surface area contributed by atoms with Crippen molar-refractivity contribution in [1.82, 2.24) is 0 Å². The van der Waals surface area contributed by atoms with Gasteiger partial charge >= 0.3 is 5.97 Å². The Morgan fingerprint density at radius 1 is 1.53 bits per heavy atom. The monoisotopic (exact) mass is 228 g/mol. The lowest BCUT2D eigenvalue weighted by Crippen LogP contribution is -2.54. The van der Waals surface area contributed by atoms with Crippen LogP contribution in [-0.2, 0) is 9.53 Å². The minimum atomic E-state index is -0.239. The molecule has 0 aliphatic rings. The molecule has 0 amide bonds. The molecule has 3 N–H and O–H groups in total. The predicted octanol–water partition coefficient (Wildman–Crippen LogP) is 1.58. The first-order valence-corrected chi connectivity index (χ1v) is 5.26. The molecule has 1 aromatic carbocycles. The molecule has 0 unspecified atom stereocenters. The second-order valence-electron chi connectivity index (χ2n) is 3.23. The summed E-state index contributed by atoms with van der Waals surface area (Å²) >= 11 is 5.99. The highest BCUT2D eigenvalue weighted by Gasteiger charge is 2.17. The van der Waals surface area contributed by atoms with Gasteiger partial charge in [0.05, 0.1) is 6.61 Å². The van der Waals surface area contributed by atoms with E-state index in [2.05, 4.69) is 5.73 Å². The van der Waals surface area contributed by atoms with Gasteiger partial charge in [-0.25, -0.2) is 0 Å². The predicted molar refractivity (Wildman–Crippen MR) is 58.3 cm³/mol. The molecule has 82 valence electrons. The molecule has 1 rings (SSSR count). The summed E-state index contributed by atoms with van der Waals surface area (Å²) in [5, 5.41) is 0.641. The van der Waals surface area contributed by atoms with Crippen LogP contribution in [0.3, 0.4) is 0 Å². The molecule has 0 bridgehead atoms. The van der Waals surface area contributed by atoms with Gasteiger partial charge in [-0.1, -0.05) is 29.8 Å². The lowest BCUT2D eigenvalue weighted by Gasteiger charge is -2.09. The normalized spacial score (nSPS) is 12.2. The summed E-state index contributed by atoms with van der Waals surface area (Å²) in [6.45, 7) is 2.18. The number of rotatable bonds is 4. The van der Waals surface area contributed by atoms with Gasteiger partial charge in [0.1, 0.15) is 12.5 Å². The van der Waals surface area contributed by atoms with Gasteiger partial charge in [-0.2, -0.15) is 0 Å². The Morgan fingerprint density at radius 3 is 2.80 bits per heavy atom. The van der Waals surface area contributed by atoms with Crippen LogP contribution in [0.4, 0.5) is 0 Å². The Balaban J connectivity index is 2.65. The van der Waals surface area contributed by atoms with Gasteiger partial charge in [-0.15, -0.1) is 0 Å². The van der Waals surface area contributed by atoms with Crippen molar-refractivity contribution in [1.29, 1.82) is 0 Å². The van der Waals surface area contributed by atoms with E-state index in [4.69, 9.17) is 16.3 Å². The van der Waals surface area contributed by atoms with Gasteiger partial charge in [0.25, 0.3) is 0 Å². The molecule has 0 aliphatic heterocycles. The van der Waals surface area contributed by atoms with Crippen LogP contribution < -0.4 is 5.73 Å². The summed E-state index contributed by atoms with van der Waals surface area (Å²) < 4.78 is 4.85. The molecule has 15 heavy (non-hydrogen) atoms. The molecule has 0 fully saturated rings. The molecule has 3 nitrogen and oxygen atoms in total. The van der Waals surface area contributed by atoms with E-state index in [1.807, 2.05) is 18.2 Å². The first-order chi connectivity index (χ1) is 7.15. The number of carbonyl (C=O) groups is 1. The zero-order chi connectivity index (χ0) is 11.3. The highest BCUT2D eigenvalue weighted by molar-refractivity contribution is 6.31. The molecule has 0 saturated heterocycles. The Bertz CT molecular complexity index is 341. The van der Waals surface area contributed by atoms with Crippen molar-refractivity contribution in [2.75, 3.05) is 6.61 Å². The zero-order valence-corrected chi connectivity index (χ0v) is 9.46. The Labute approximate surface area is 94.2 Å². The standard InChI is InChI=1S/C11H14ClNO2/c1-2-15-11(14)7-10(13)8-5-3-4-6-9(8)12/h3-6,10H,2,7,13H2,1H3/p+1/t10-/m1/s1. The molecule has 0 saturated carbocycles. The number of hydrogen-bond acceptors (Lipinski definition) is 2. The summed E-state index contributed by atoms with van der Waals surface area (Å²) in [5.74, 6) is -0.239. The summed E-state index contributed by atoms with van der Waals surface area (Å²) in [7, 11) is 0. The van der Waals surface area contributed by atoms with Crippen molar-refractivity contribution in [3.8, 4) is 0 Å². The SMILES string of the molecule is CCOC(=O)C[C@@H]([NH3+])c1ccccc1Cl. The largest absolute Gasteiger partial charge is 0.466 e. The molecular weight excluding hydrogens is 214 g/mol. The van der Waals surface area contributed by atoms with Crippen LogP contribution in [0.15, 0.2) is 24.3 Å². The number of esters is 1. The second-order valence-corrected chi connectivity index (χ2v) is 3.63. The van der Waals surface area contributed by atoms with Crippen molar-refractivity contribution in [2.24, 2.45) is 0 Å². The minimum Gasteiger partial charge on any atom is -0.466 e. The molecular formula is C11H15ClNO2+. The van der Waals surface area contributed by atoms with Crippen LogP contribution in [-0.4, -0.2) is 12.6 Å². The number of carbonyl (C=O) groups excluding carboxylic acids is 1. The van der Waals surface area contributed by atoms with Crippen LogP contribution in [0.2, 0.25) is 5.02 Å². The summed E-state index contributed by atoms with van der Waals surface area (Å²) in [4.78, 5) is 11.2. The Morgan fingerprint density at radius 2 is 2.20 bits per heavy atom. The fraction of sp³-hybridized carbons (Fsp3) is 0.364. The van der Waals surface area contributed by atoms with E-state index in [1.165, 1.54) is 0 Å². The van der Waals surface area contributed by atoms with Crippen LogP contribution in [0.1, 0.15) is 24.9 Å². The van der Waals surface area contributed by atoms with Gasteiger partial charge in [0, 0.05) is 10.6 Å². The third kappa shape index (κ3) is 3.53. The topological polar surface area (TPSA) is 53.9 Å². The molecule has 0 heterocycles. The van der Waals surface area contributed by atoms with Crippen molar-refractivity contribution in [3.63, 3.8) is 0 Å². The average Bonchev–Trinajstić information content (AvgIpc) is 2.18. The lowest BCUT2D eigenvalue weighted by molar-refractivity contribution is -0.425. The molecule has 4 heteroatoms. The first kappa shape index (κ1) is 12.0. The number of ether oxygens (including phenoxy) is 1. The summed E-state index contributed by atoms with van der Waals surface area (Å²) in [6.07, 6.45) is 0.261. The maximum absolute atomic E-state index is 11.2. The average molecular weight is 229 g/mol. The van der Waals surface area contributed by atoms with E-state index < -0.39 is 0 Å². The van der Waals surface area contributed by atoms with Crippen molar-refractivity contribution < 1.29 is 15.3 Å². The van der Waals surface area contributed by atoms with Crippen molar-refractivity contribution in [3.05, 3.63) is 34.9 Å². The zero-order valence-electron chi connectivity index (χ0n) is 8.70. The van der Waals surface area contributed by atoms with Crippen LogP contribution in [0.25, 0.3) is 0 Å². The molecule has 0 aromatic heterocycles. The van der Waals surface area contributed by atoms with Gasteiger partial charge in [0.15, 0.2) is 0 Å². The maximum Gasteiger partial charge on any atom is 0.312 e. The number of hydrogen-bond donors (Lipinski definition) is 1. The summed E-state index contributed by atoms with van der Waals surface area (Å²) in [5.41, 5.74) is 4.79. The fourth-order valence-electron chi connectivity index (χ4n) is 1.34. The van der Waals surface area contributed by atoms with E-state index in [0.717, 1.165) is 5.56 Å². The summed E-state index contributed by atoms with van der Waals surface area (Å²) in [6, 6.07) is 7.24. The Hall–Kier alpha value is -1.06. The van der Waals surface area contributed by atoms with Crippen molar-refractivity contribution >= 4 is 17.6 Å². The van der Waals surface area contributed by atoms with Crippen LogP contribution in [0, 0.1) is 0 Å². The quantitative estimate of drug-likeness (QED) is 0.796. The molecule has 1 aromatic rings. The molecule has 0 spiro atoms. The van der Waals surface area contributed by atoms with E-state index in [-0.39, 0.29) is 18.4 Å². The highest BCUT2D eigenvalue weighted by Crippen LogP contribution is 2.21. The number of halogens is 1. The number of quaternary nitrogens is 1.